The molecule has 2 aromatic rings. The lowest BCUT2D eigenvalue weighted by Crippen LogP contribution is -2.44. The molecule has 1 aliphatic heterocycles. The number of ketones is 1. The van der Waals surface area contributed by atoms with Gasteiger partial charge in [-0.25, -0.2) is 0 Å². The van der Waals surface area contributed by atoms with E-state index < -0.39 is 6.04 Å². The molecule has 3 rings (SSSR count). The van der Waals surface area contributed by atoms with E-state index in [2.05, 4.69) is 26.6 Å². The van der Waals surface area contributed by atoms with E-state index in [1.807, 2.05) is 37.3 Å². The monoisotopic (exact) mass is 480 g/mol. The number of thiocarbonyl (C=S) groups is 1. The number of carbonyl (C=O) groups is 1. The molecule has 146 valence electrons. The van der Waals surface area contributed by atoms with Gasteiger partial charge >= 0.3 is 0 Å². The second-order valence-electron chi connectivity index (χ2n) is 6.12. The Bertz CT molecular complexity index is 979. The average Bonchev–Trinajstić information content (AvgIpc) is 2.68. The Labute approximate surface area is 181 Å². The maximum atomic E-state index is 12.6. The van der Waals surface area contributed by atoms with Gasteiger partial charge in [-0.2, -0.15) is 0 Å². The van der Waals surface area contributed by atoms with Gasteiger partial charge in [0.05, 0.1) is 27.8 Å². The Hall–Kier alpha value is -2.09. The Morgan fingerprint density at radius 1 is 1.36 bits per heavy atom. The fraction of sp³-hybridized carbons (Fsp3) is 0.200. The molecule has 28 heavy (non-hydrogen) atoms. The molecular formula is C20H18BrClN2O3S. The molecule has 0 saturated carbocycles. The van der Waals surface area contributed by atoms with Crippen molar-refractivity contribution in [2.24, 2.45) is 0 Å². The number of phenols is 1. The van der Waals surface area contributed by atoms with Gasteiger partial charge in [0.15, 0.2) is 22.4 Å². The third-order valence-electron chi connectivity index (χ3n) is 4.30. The minimum Gasteiger partial charge on any atom is -0.503 e. The summed E-state index contributed by atoms with van der Waals surface area (Å²) in [6.45, 7) is 3.67. The van der Waals surface area contributed by atoms with E-state index >= 15 is 0 Å². The number of hydrogen-bond acceptors (Lipinski definition) is 4. The summed E-state index contributed by atoms with van der Waals surface area (Å²) in [5, 5.41) is 17.1. The first-order valence-electron chi connectivity index (χ1n) is 8.56. The number of hydrogen-bond donors (Lipinski definition) is 3. The van der Waals surface area contributed by atoms with Crippen molar-refractivity contribution in [2.75, 3.05) is 6.61 Å². The van der Waals surface area contributed by atoms with Crippen LogP contribution >= 0.6 is 39.7 Å². The van der Waals surface area contributed by atoms with Gasteiger partial charge in [-0.1, -0.05) is 41.9 Å². The molecule has 0 bridgehead atoms. The second-order valence-corrected chi connectivity index (χ2v) is 7.70. The molecule has 0 saturated heterocycles. The van der Waals surface area contributed by atoms with Gasteiger partial charge in [0, 0.05) is 11.1 Å². The molecule has 3 N–H and O–H groups in total. The van der Waals surface area contributed by atoms with E-state index in [9.17, 15) is 9.90 Å². The van der Waals surface area contributed by atoms with Crippen LogP contribution in [-0.4, -0.2) is 22.6 Å². The highest BCUT2D eigenvalue weighted by atomic mass is 79.9. The molecule has 0 spiro atoms. The number of aromatic hydroxyl groups is 1. The Kier molecular flexibility index (Phi) is 6.27. The molecule has 1 aliphatic rings. The minimum absolute atomic E-state index is 0.0938. The van der Waals surface area contributed by atoms with Gasteiger partial charge in [-0.3, -0.25) is 4.79 Å². The molecule has 2 aromatic carbocycles. The van der Waals surface area contributed by atoms with Crippen LogP contribution in [0.1, 0.15) is 31.0 Å². The van der Waals surface area contributed by atoms with Crippen LogP contribution in [0.4, 0.5) is 0 Å². The van der Waals surface area contributed by atoms with Crippen molar-refractivity contribution in [3.8, 4) is 11.5 Å². The van der Waals surface area contributed by atoms with Gasteiger partial charge < -0.3 is 20.5 Å². The van der Waals surface area contributed by atoms with Gasteiger partial charge in [-0.05, 0) is 53.6 Å². The molecule has 8 heteroatoms. The number of ether oxygens (including phenoxy) is 1. The quantitative estimate of drug-likeness (QED) is 0.537. The van der Waals surface area contributed by atoms with E-state index in [4.69, 9.17) is 28.6 Å². The summed E-state index contributed by atoms with van der Waals surface area (Å²) in [7, 11) is 0. The SMILES string of the molecule is CCOc1cc([C@H]2NC(=S)NC(c3ccccc3)=C2C(C)=O)c(Cl)c(Br)c1O. The molecule has 0 fully saturated rings. The van der Waals surface area contributed by atoms with Crippen molar-refractivity contribution in [3.63, 3.8) is 0 Å². The summed E-state index contributed by atoms with van der Waals surface area (Å²) in [6.07, 6.45) is 0. The van der Waals surface area contributed by atoms with Crippen LogP contribution < -0.4 is 15.4 Å². The number of benzene rings is 2. The van der Waals surface area contributed by atoms with Crippen molar-refractivity contribution >= 4 is 56.3 Å². The smallest absolute Gasteiger partial charge is 0.173 e. The molecule has 1 atom stereocenters. The molecule has 0 aromatic heterocycles. The summed E-state index contributed by atoms with van der Waals surface area (Å²) in [6, 6.07) is 10.5. The summed E-state index contributed by atoms with van der Waals surface area (Å²) in [5.74, 6) is 0.0394. The van der Waals surface area contributed by atoms with E-state index in [0.29, 0.717) is 33.0 Å². The van der Waals surface area contributed by atoms with Crippen molar-refractivity contribution in [1.82, 2.24) is 10.6 Å². The van der Waals surface area contributed by atoms with E-state index in [1.54, 1.807) is 6.07 Å². The summed E-state index contributed by atoms with van der Waals surface area (Å²) in [4.78, 5) is 12.6. The summed E-state index contributed by atoms with van der Waals surface area (Å²) < 4.78 is 5.82. The van der Waals surface area contributed by atoms with Crippen LogP contribution in [0, 0.1) is 0 Å². The zero-order chi connectivity index (χ0) is 20.4. The molecule has 0 amide bonds. The van der Waals surface area contributed by atoms with Crippen molar-refractivity contribution in [1.29, 1.82) is 0 Å². The average molecular weight is 482 g/mol. The second kappa shape index (κ2) is 8.51. The predicted molar refractivity (Wildman–Crippen MR) is 118 cm³/mol. The normalized spacial score (nSPS) is 16.4. The topological polar surface area (TPSA) is 70.6 Å². The number of Topliss-reactive ketones (excluding diaryl/α,β-unsaturated/α-hetero) is 1. The zero-order valence-electron chi connectivity index (χ0n) is 15.2. The first kappa shape index (κ1) is 20.6. The van der Waals surface area contributed by atoms with Crippen LogP contribution in [0.25, 0.3) is 5.70 Å². The van der Waals surface area contributed by atoms with Crippen molar-refractivity contribution in [3.05, 3.63) is 62.6 Å². The van der Waals surface area contributed by atoms with Crippen LogP contribution in [0.2, 0.25) is 5.02 Å². The zero-order valence-corrected chi connectivity index (χ0v) is 18.3. The number of rotatable bonds is 5. The first-order chi connectivity index (χ1) is 13.3. The maximum Gasteiger partial charge on any atom is 0.173 e. The van der Waals surface area contributed by atoms with E-state index in [-0.39, 0.29) is 22.3 Å². The fourth-order valence-corrected chi connectivity index (χ4v) is 3.99. The van der Waals surface area contributed by atoms with Gasteiger partial charge in [0.25, 0.3) is 0 Å². The van der Waals surface area contributed by atoms with E-state index in [0.717, 1.165) is 5.56 Å². The summed E-state index contributed by atoms with van der Waals surface area (Å²) >= 11 is 15.2. The molecular weight excluding hydrogens is 464 g/mol. The fourth-order valence-electron chi connectivity index (χ4n) is 3.10. The lowest BCUT2D eigenvalue weighted by molar-refractivity contribution is -0.113. The molecule has 5 nitrogen and oxygen atoms in total. The minimum atomic E-state index is -0.606. The highest BCUT2D eigenvalue weighted by molar-refractivity contribution is 9.10. The van der Waals surface area contributed by atoms with Crippen LogP contribution in [0.15, 0.2) is 46.4 Å². The predicted octanol–water partition coefficient (Wildman–Crippen LogP) is 4.73. The molecule has 0 radical (unpaired) electrons. The number of nitrogens with one attached hydrogen (secondary N) is 2. The van der Waals surface area contributed by atoms with Crippen molar-refractivity contribution < 1.29 is 14.6 Å². The molecule has 1 heterocycles. The van der Waals surface area contributed by atoms with Gasteiger partial charge in [0.2, 0.25) is 0 Å². The van der Waals surface area contributed by atoms with E-state index in [1.165, 1.54) is 6.92 Å². The third-order valence-corrected chi connectivity index (χ3v) is 5.93. The van der Waals surface area contributed by atoms with Crippen LogP contribution in [0.3, 0.4) is 0 Å². The van der Waals surface area contributed by atoms with Crippen LogP contribution in [-0.2, 0) is 4.79 Å². The van der Waals surface area contributed by atoms with Crippen LogP contribution in [0.5, 0.6) is 11.5 Å². The van der Waals surface area contributed by atoms with Gasteiger partial charge in [0.1, 0.15) is 0 Å². The maximum absolute atomic E-state index is 12.6. The lowest BCUT2D eigenvalue weighted by Gasteiger charge is -2.32. The Morgan fingerprint density at radius 3 is 2.64 bits per heavy atom. The lowest BCUT2D eigenvalue weighted by atomic mass is 9.90. The first-order valence-corrected chi connectivity index (χ1v) is 10.1. The standard InChI is InChI=1S/C20H18BrClN2O3S/c1-3-27-13-9-12(16(22)15(21)19(13)26)18-14(10(2)25)17(23-20(28)24-18)11-7-5-4-6-8-11/h4-9,18,26H,3H2,1-2H3,(H2,23,24,28)/t18-/m1/s1. The Morgan fingerprint density at radius 2 is 2.04 bits per heavy atom. The molecule has 0 unspecified atom stereocenters. The number of halogens is 2. The summed E-state index contributed by atoms with van der Waals surface area (Å²) in [5.41, 5.74) is 2.51. The molecule has 0 aliphatic carbocycles. The van der Waals surface area contributed by atoms with Gasteiger partial charge in [-0.15, -0.1) is 0 Å². The number of carbonyl (C=O) groups excluding carboxylic acids is 1. The van der Waals surface area contributed by atoms with Crippen molar-refractivity contribution in [2.45, 2.75) is 19.9 Å². The highest BCUT2D eigenvalue weighted by Crippen LogP contribution is 2.46. The highest BCUT2D eigenvalue weighted by Gasteiger charge is 2.33. The largest absolute Gasteiger partial charge is 0.503 e. The number of phenolic OH excluding ortho intramolecular Hbond substituents is 1. The third kappa shape index (κ3) is 3.87. The Balaban J connectivity index is 2.25.